The number of nitrogens with one attached hydrogen (secondary N) is 1. The first-order valence-corrected chi connectivity index (χ1v) is 23.1. The summed E-state index contributed by atoms with van der Waals surface area (Å²) in [6.45, 7) is 3.35. The predicted octanol–water partition coefficient (Wildman–Crippen LogP) is 12.0. The minimum Gasteiger partial charge on any atom is -0.463 e. The van der Waals surface area contributed by atoms with E-state index in [1.807, 2.05) is 0 Å². The van der Waals surface area contributed by atoms with Gasteiger partial charge < -0.3 is 20.1 Å². The number of hydrogen-bond acceptors (Lipinski definition) is 7. The van der Waals surface area contributed by atoms with Crippen molar-refractivity contribution in [3.63, 3.8) is 0 Å². The maximum absolute atomic E-state index is 12.1. The molecule has 0 aromatic heterocycles. The summed E-state index contributed by atoms with van der Waals surface area (Å²) in [7, 11) is -4.43. The Morgan fingerprint density at radius 2 is 1.02 bits per heavy atom. The number of allylic oxidation sites excluding steroid dienone is 14. The standard InChI is InChI=1S/C46H78NO8P/c1-3-5-7-9-11-13-15-17-18-19-20-21-22-23-24-25-26-27-29-31-33-35-37-39-46(50)53-42-44(48)43-55-56(51,52)54-41-40-47-45(49)38-36-34-32-30-28-16-14-12-10-8-6-4-2/h5,7,11-14,17-18,20-21,23-24,26-27,44,48H,3-4,6,8-10,15-16,19,22,25,28-43H2,1-2H3,(H,47,49)(H,51,52)/b7-5-,13-11-,14-12-,18-17-,21-20-,24-23-,27-26-. The molecule has 0 aliphatic heterocycles. The van der Waals surface area contributed by atoms with Crippen LogP contribution in [0.1, 0.15) is 162 Å². The smallest absolute Gasteiger partial charge is 0.463 e. The van der Waals surface area contributed by atoms with Crippen LogP contribution in [-0.4, -0.2) is 54.3 Å². The van der Waals surface area contributed by atoms with Gasteiger partial charge in [0.05, 0.1) is 13.2 Å². The molecular formula is C46H78NO8P. The van der Waals surface area contributed by atoms with Gasteiger partial charge in [-0.3, -0.25) is 18.6 Å². The number of phosphoric acid groups is 1. The van der Waals surface area contributed by atoms with Crippen molar-refractivity contribution in [1.29, 1.82) is 0 Å². The van der Waals surface area contributed by atoms with Gasteiger partial charge in [-0.15, -0.1) is 0 Å². The Morgan fingerprint density at radius 3 is 1.55 bits per heavy atom. The first-order chi connectivity index (χ1) is 27.3. The molecule has 3 N–H and O–H groups in total. The van der Waals surface area contributed by atoms with Crippen LogP contribution in [0, 0.1) is 0 Å². The molecule has 9 nitrogen and oxygen atoms in total. The van der Waals surface area contributed by atoms with Crippen molar-refractivity contribution in [3.8, 4) is 0 Å². The van der Waals surface area contributed by atoms with Crippen molar-refractivity contribution in [2.45, 2.75) is 168 Å². The summed E-state index contributed by atoms with van der Waals surface area (Å²) >= 11 is 0. The van der Waals surface area contributed by atoms with Gasteiger partial charge in [0.15, 0.2) is 0 Å². The maximum Gasteiger partial charge on any atom is 0.472 e. The van der Waals surface area contributed by atoms with Gasteiger partial charge >= 0.3 is 13.8 Å². The molecule has 320 valence electrons. The summed E-state index contributed by atoms with van der Waals surface area (Å²) in [5.74, 6) is -0.559. The number of ether oxygens (including phenoxy) is 1. The zero-order valence-electron chi connectivity index (χ0n) is 35.0. The zero-order chi connectivity index (χ0) is 41.1. The van der Waals surface area contributed by atoms with E-state index in [-0.39, 0.29) is 32.1 Å². The fourth-order valence-corrected chi connectivity index (χ4v) is 6.07. The fraction of sp³-hybridized carbons (Fsp3) is 0.652. The van der Waals surface area contributed by atoms with Gasteiger partial charge in [-0.1, -0.05) is 144 Å². The van der Waals surface area contributed by atoms with Gasteiger partial charge in [-0.05, 0) is 89.9 Å². The normalized spacial score (nSPS) is 14.1. The number of phosphoric ester groups is 1. The van der Waals surface area contributed by atoms with E-state index in [9.17, 15) is 24.2 Å². The van der Waals surface area contributed by atoms with Crippen LogP contribution < -0.4 is 5.32 Å². The Bertz CT molecular complexity index is 1190. The van der Waals surface area contributed by atoms with Crippen molar-refractivity contribution in [3.05, 3.63) is 85.1 Å². The van der Waals surface area contributed by atoms with E-state index in [0.29, 0.717) is 12.8 Å². The molecule has 0 saturated carbocycles. The summed E-state index contributed by atoms with van der Waals surface area (Å²) in [6, 6.07) is 0. The van der Waals surface area contributed by atoms with E-state index < -0.39 is 26.5 Å². The fourth-order valence-electron chi connectivity index (χ4n) is 5.32. The number of hydrogen-bond donors (Lipinski definition) is 3. The largest absolute Gasteiger partial charge is 0.472 e. The lowest BCUT2D eigenvalue weighted by atomic mass is 10.1. The van der Waals surface area contributed by atoms with Crippen LogP contribution in [0.2, 0.25) is 0 Å². The van der Waals surface area contributed by atoms with Gasteiger partial charge in [0.25, 0.3) is 0 Å². The summed E-state index contributed by atoms with van der Waals surface area (Å²) < 4.78 is 26.8. The molecule has 0 heterocycles. The molecule has 0 spiro atoms. The van der Waals surface area contributed by atoms with Gasteiger partial charge in [0, 0.05) is 19.4 Å². The Labute approximate surface area is 341 Å². The zero-order valence-corrected chi connectivity index (χ0v) is 35.9. The van der Waals surface area contributed by atoms with Crippen LogP contribution >= 0.6 is 7.82 Å². The van der Waals surface area contributed by atoms with Crippen LogP contribution in [0.15, 0.2) is 85.1 Å². The van der Waals surface area contributed by atoms with Crippen LogP contribution in [0.25, 0.3) is 0 Å². The third-order valence-corrected chi connectivity index (χ3v) is 9.54. The topological polar surface area (TPSA) is 131 Å². The molecule has 0 aliphatic rings. The summed E-state index contributed by atoms with van der Waals surface area (Å²) in [6.07, 6.45) is 52.3. The lowest BCUT2D eigenvalue weighted by molar-refractivity contribution is -0.147. The highest BCUT2D eigenvalue weighted by Gasteiger charge is 2.23. The van der Waals surface area contributed by atoms with Crippen molar-refractivity contribution >= 4 is 19.7 Å². The SMILES string of the molecule is CC/C=C\C/C=C\C/C=C\C/C=C\C/C=C\C/C=C\CCCCCCC(=O)OCC(O)COP(=O)(O)OCCNC(=O)CCCCCCC/C=C\CCCCC. The molecule has 0 radical (unpaired) electrons. The molecule has 0 aromatic carbocycles. The van der Waals surface area contributed by atoms with Crippen LogP contribution in [0.5, 0.6) is 0 Å². The third kappa shape index (κ3) is 42.3. The second-order valence-corrected chi connectivity index (χ2v) is 15.4. The maximum atomic E-state index is 12.1. The summed E-state index contributed by atoms with van der Waals surface area (Å²) in [4.78, 5) is 33.9. The number of aliphatic hydroxyl groups is 1. The van der Waals surface area contributed by atoms with Gasteiger partial charge in [0.2, 0.25) is 5.91 Å². The monoisotopic (exact) mass is 804 g/mol. The number of carbonyl (C=O) groups is 2. The van der Waals surface area contributed by atoms with Crippen molar-refractivity contribution in [1.82, 2.24) is 5.32 Å². The highest BCUT2D eigenvalue weighted by atomic mass is 31.2. The number of unbranched alkanes of at least 4 members (excludes halogenated alkanes) is 12. The quantitative estimate of drug-likeness (QED) is 0.0242. The molecule has 56 heavy (non-hydrogen) atoms. The summed E-state index contributed by atoms with van der Waals surface area (Å²) in [5.41, 5.74) is 0. The predicted molar refractivity (Wildman–Crippen MR) is 233 cm³/mol. The number of aliphatic hydroxyl groups excluding tert-OH is 1. The molecule has 0 bridgehead atoms. The van der Waals surface area contributed by atoms with E-state index >= 15 is 0 Å². The minimum atomic E-state index is -4.43. The highest BCUT2D eigenvalue weighted by molar-refractivity contribution is 7.47. The summed E-state index contributed by atoms with van der Waals surface area (Å²) in [5, 5.41) is 12.7. The number of esters is 1. The van der Waals surface area contributed by atoms with Crippen molar-refractivity contribution in [2.75, 3.05) is 26.4 Å². The van der Waals surface area contributed by atoms with E-state index in [1.54, 1.807) is 0 Å². The van der Waals surface area contributed by atoms with Gasteiger partial charge in [0.1, 0.15) is 12.7 Å². The first-order valence-electron chi connectivity index (χ1n) is 21.6. The first kappa shape index (κ1) is 53.2. The molecule has 0 aromatic rings. The molecule has 0 saturated heterocycles. The molecule has 0 rings (SSSR count). The second-order valence-electron chi connectivity index (χ2n) is 13.9. The molecule has 2 atom stereocenters. The highest BCUT2D eigenvalue weighted by Crippen LogP contribution is 2.42. The van der Waals surface area contributed by atoms with E-state index in [2.05, 4.69) is 104 Å². The van der Waals surface area contributed by atoms with Gasteiger partial charge in [-0.2, -0.15) is 0 Å². The van der Waals surface area contributed by atoms with Gasteiger partial charge in [-0.25, -0.2) is 4.57 Å². The number of rotatable bonds is 39. The lowest BCUT2D eigenvalue weighted by Gasteiger charge is -2.15. The molecule has 2 unspecified atom stereocenters. The van der Waals surface area contributed by atoms with Crippen LogP contribution in [-0.2, 0) is 27.9 Å². The van der Waals surface area contributed by atoms with Crippen LogP contribution in [0.4, 0.5) is 0 Å². The molecule has 0 fully saturated rings. The second kappa shape index (κ2) is 41.8. The number of amides is 1. The number of carbonyl (C=O) groups excluding carboxylic acids is 2. The Kier molecular flexibility index (Phi) is 39.7. The average Bonchev–Trinajstić information content (AvgIpc) is 3.18. The lowest BCUT2D eigenvalue weighted by Crippen LogP contribution is -2.27. The minimum absolute atomic E-state index is 0.0695. The van der Waals surface area contributed by atoms with Crippen molar-refractivity contribution < 1.29 is 37.9 Å². The third-order valence-electron chi connectivity index (χ3n) is 8.56. The van der Waals surface area contributed by atoms with E-state index in [1.165, 1.54) is 32.1 Å². The molecule has 0 aliphatic carbocycles. The Hall–Kier alpha value is -2.81. The van der Waals surface area contributed by atoms with Crippen molar-refractivity contribution in [2.24, 2.45) is 0 Å². The molecule has 1 amide bonds. The average molecular weight is 804 g/mol. The van der Waals surface area contributed by atoms with E-state index in [4.69, 9.17) is 13.8 Å². The Balaban J connectivity index is 3.70. The molecular weight excluding hydrogens is 725 g/mol. The van der Waals surface area contributed by atoms with E-state index in [0.717, 1.165) is 96.3 Å². The van der Waals surface area contributed by atoms with Crippen LogP contribution in [0.3, 0.4) is 0 Å². The molecule has 10 heteroatoms. The Morgan fingerprint density at radius 1 is 0.571 bits per heavy atom.